The Balaban J connectivity index is 1.78. The molecule has 0 saturated carbocycles. The van der Waals surface area contributed by atoms with E-state index in [1.807, 2.05) is 11.8 Å². The van der Waals surface area contributed by atoms with Gasteiger partial charge in [0.05, 0.1) is 5.69 Å². The van der Waals surface area contributed by atoms with Gasteiger partial charge in [-0.25, -0.2) is 4.39 Å². The first-order chi connectivity index (χ1) is 9.65. The fourth-order valence-corrected chi connectivity index (χ4v) is 4.57. The van der Waals surface area contributed by atoms with Gasteiger partial charge in [-0.2, -0.15) is 11.8 Å². The van der Waals surface area contributed by atoms with Gasteiger partial charge in [0.15, 0.2) is 0 Å². The van der Waals surface area contributed by atoms with Crippen LogP contribution in [0.3, 0.4) is 0 Å². The van der Waals surface area contributed by atoms with Crippen LogP contribution in [0, 0.1) is 5.82 Å². The Morgan fingerprint density at radius 3 is 3.10 bits per heavy atom. The second kappa shape index (κ2) is 5.61. The summed E-state index contributed by atoms with van der Waals surface area (Å²) in [6, 6.07) is 4.43. The number of thiophene rings is 1. The molecule has 6 heteroatoms. The van der Waals surface area contributed by atoms with Crippen molar-refractivity contribution in [3.8, 4) is 0 Å². The highest BCUT2D eigenvalue weighted by molar-refractivity contribution is 8.00. The second-order valence-electron chi connectivity index (χ2n) is 4.83. The van der Waals surface area contributed by atoms with Crippen molar-refractivity contribution in [1.29, 1.82) is 0 Å². The van der Waals surface area contributed by atoms with Gasteiger partial charge in [-0.15, -0.1) is 11.3 Å². The van der Waals surface area contributed by atoms with E-state index in [1.54, 1.807) is 6.07 Å². The van der Waals surface area contributed by atoms with Gasteiger partial charge in [0, 0.05) is 21.9 Å². The summed E-state index contributed by atoms with van der Waals surface area (Å²) in [4.78, 5) is 12.7. The number of nitrogens with two attached hydrogens (primary N) is 1. The van der Waals surface area contributed by atoms with Crippen LogP contribution in [0.4, 0.5) is 10.1 Å². The minimum Gasteiger partial charge on any atom is -0.397 e. The fraction of sp³-hybridized carbons (Fsp3) is 0.357. The first-order valence-corrected chi connectivity index (χ1v) is 8.39. The third kappa shape index (κ3) is 2.62. The minimum atomic E-state index is -0.337. The maximum Gasteiger partial charge on any atom is 0.263 e. The zero-order chi connectivity index (χ0) is 14.1. The molecule has 0 spiro atoms. The lowest BCUT2D eigenvalue weighted by molar-refractivity contribution is 0.0958. The number of carbonyl (C=O) groups is 1. The molecule has 1 aromatic heterocycles. The highest BCUT2D eigenvalue weighted by Crippen LogP contribution is 2.34. The number of amides is 1. The van der Waals surface area contributed by atoms with Gasteiger partial charge >= 0.3 is 0 Å². The van der Waals surface area contributed by atoms with Crippen LogP contribution in [0.5, 0.6) is 0 Å². The third-order valence-electron chi connectivity index (χ3n) is 3.41. The molecule has 3 rings (SSSR count). The summed E-state index contributed by atoms with van der Waals surface area (Å²) in [5, 5.41) is 4.06. The maximum atomic E-state index is 13.2. The van der Waals surface area contributed by atoms with Crippen LogP contribution in [0.1, 0.15) is 22.5 Å². The Kier molecular flexibility index (Phi) is 3.85. The quantitative estimate of drug-likeness (QED) is 0.915. The van der Waals surface area contributed by atoms with Crippen LogP contribution in [0.25, 0.3) is 10.1 Å². The standard InChI is InChI=1S/C14H15FN2OS2/c15-8-3-4-11-10(6-8)12(16)13(20-11)14(18)17-7-9-2-1-5-19-9/h3-4,6,9H,1-2,5,7,16H2,(H,17,18). The second-order valence-corrected chi connectivity index (χ2v) is 7.29. The van der Waals surface area contributed by atoms with Crippen molar-refractivity contribution in [2.24, 2.45) is 0 Å². The van der Waals surface area contributed by atoms with Gasteiger partial charge in [0.1, 0.15) is 10.7 Å². The predicted octanol–water partition coefficient (Wildman–Crippen LogP) is 3.25. The van der Waals surface area contributed by atoms with Crippen LogP contribution < -0.4 is 11.1 Å². The molecule has 2 aromatic rings. The van der Waals surface area contributed by atoms with Crippen molar-refractivity contribution in [3.63, 3.8) is 0 Å². The Morgan fingerprint density at radius 1 is 1.50 bits per heavy atom. The van der Waals surface area contributed by atoms with E-state index < -0.39 is 0 Å². The first-order valence-electron chi connectivity index (χ1n) is 6.52. The lowest BCUT2D eigenvalue weighted by Gasteiger charge is -2.09. The number of hydrogen-bond donors (Lipinski definition) is 2. The van der Waals surface area contributed by atoms with Gasteiger partial charge in [-0.3, -0.25) is 4.79 Å². The minimum absolute atomic E-state index is 0.156. The first kappa shape index (κ1) is 13.7. The molecule has 1 amide bonds. The molecule has 0 aliphatic carbocycles. The molecule has 1 aliphatic rings. The molecule has 3 N–H and O–H groups in total. The van der Waals surface area contributed by atoms with Crippen LogP contribution in [0.2, 0.25) is 0 Å². The maximum absolute atomic E-state index is 13.2. The van der Waals surface area contributed by atoms with Gasteiger partial charge in [0.25, 0.3) is 5.91 Å². The molecule has 1 aliphatic heterocycles. The number of thioether (sulfide) groups is 1. The Bertz CT molecular complexity index is 650. The number of nitrogens with one attached hydrogen (secondary N) is 1. The fourth-order valence-electron chi connectivity index (χ4n) is 2.35. The lowest BCUT2D eigenvalue weighted by atomic mass is 10.2. The zero-order valence-electron chi connectivity index (χ0n) is 10.8. The van der Waals surface area contributed by atoms with Crippen LogP contribution in [-0.4, -0.2) is 23.5 Å². The van der Waals surface area contributed by atoms with E-state index >= 15 is 0 Å². The van der Waals surface area contributed by atoms with E-state index in [2.05, 4.69) is 5.32 Å². The smallest absolute Gasteiger partial charge is 0.263 e. The summed E-state index contributed by atoms with van der Waals surface area (Å²) in [5.41, 5.74) is 6.35. The summed E-state index contributed by atoms with van der Waals surface area (Å²) < 4.78 is 14.1. The predicted molar refractivity (Wildman–Crippen MR) is 84.0 cm³/mol. The number of benzene rings is 1. The summed E-state index contributed by atoms with van der Waals surface area (Å²) in [7, 11) is 0. The molecule has 1 atom stereocenters. The molecule has 20 heavy (non-hydrogen) atoms. The molecule has 0 bridgehead atoms. The van der Waals surface area contributed by atoms with Crippen molar-refractivity contribution < 1.29 is 9.18 Å². The van der Waals surface area contributed by atoms with E-state index in [4.69, 9.17) is 5.73 Å². The highest BCUT2D eigenvalue weighted by atomic mass is 32.2. The molecule has 106 valence electrons. The zero-order valence-corrected chi connectivity index (χ0v) is 12.5. The average Bonchev–Trinajstić information content (AvgIpc) is 3.05. The van der Waals surface area contributed by atoms with Crippen LogP contribution in [0.15, 0.2) is 18.2 Å². The number of halogens is 1. The third-order valence-corrected chi connectivity index (χ3v) is 5.99. The summed E-state index contributed by atoms with van der Waals surface area (Å²) in [6.07, 6.45) is 2.37. The van der Waals surface area contributed by atoms with Crippen molar-refractivity contribution >= 4 is 44.8 Å². The Labute approximate surface area is 124 Å². The van der Waals surface area contributed by atoms with Gasteiger partial charge in [-0.05, 0) is 36.8 Å². The highest BCUT2D eigenvalue weighted by Gasteiger charge is 2.20. The topological polar surface area (TPSA) is 55.1 Å². The Hall–Kier alpha value is -1.27. The molecular formula is C14H15FN2OS2. The van der Waals surface area contributed by atoms with Crippen molar-refractivity contribution in [2.45, 2.75) is 18.1 Å². The summed E-state index contributed by atoms with van der Waals surface area (Å²) >= 11 is 3.21. The van der Waals surface area contributed by atoms with E-state index in [0.717, 1.165) is 11.1 Å². The normalized spacial score (nSPS) is 18.6. The molecule has 1 aromatic carbocycles. The number of carbonyl (C=O) groups excluding carboxylic acids is 1. The monoisotopic (exact) mass is 310 g/mol. The van der Waals surface area contributed by atoms with E-state index in [-0.39, 0.29) is 11.7 Å². The van der Waals surface area contributed by atoms with E-state index in [0.29, 0.717) is 27.7 Å². The van der Waals surface area contributed by atoms with Crippen molar-refractivity contribution in [3.05, 3.63) is 28.9 Å². The number of fused-ring (bicyclic) bond motifs is 1. The SMILES string of the molecule is Nc1c(C(=O)NCC2CCCS2)sc2ccc(F)cc12. The molecule has 1 saturated heterocycles. The van der Waals surface area contributed by atoms with Crippen LogP contribution in [-0.2, 0) is 0 Å². The molecular weight excluding hydrogens is 295 g/mol. The summed E-state index contributed by atoms with van der Waals surface area (Å²) in [5.74, 6) is 0.679. The number of rotatable bonds is 3. The van der Waals surface area contributed by atoms with Gasteiger partial charge in [-0.1, -0.05) is 0 Å². The van der Waals surface area contributed by atoms with E-state index in [9.17, 15) is 9.18 Å². The molecule has 2 heterocycles. The number of anilines is 1. The van der Waals surface area contributed by atoms with E-state index in [1.165, 1.54) is 35.6 Å². The van der Waals surface area contributed by atoms with Crippen LogP contribution >= 0.6 is 23.1 Å². The molecule has 3 nitrogen and oxygen atoms in total. The van der Waals surface area contributed by atoms with Crippen molar-refractivity contribution in [1.82, 2.24) is 5.32 Å². The number of hydrogen-bond acceptors (Lipinski definition) is 4. The molecule has 1 unspecified atom stereocenters. The molecule has 1 fully saturated rings. The van der Waals surface area contributed by atoms with Gasteiger partial charge in [0.2, 0.25) is 0 Å². The molecule has 0 radical (unpaired) electrons. The number of nitrogen functional groups attached to an aromatic ring is 1. The summed E-state index contributed by atoms with van der Waals surface area (Å²) in [6.45, 7) is 0.672. The van der Waals surface area contributed by atoms with Gasteiger partial charge < -0.3 is 11.1 Å². The Morgan fingerprint density at radius 2 is 2.35 bits per heavy atom. The average molecular weight is 310 g/mol. The van der Waals surface area contributed by atoms with Crippen molar-refractivity contribution in [2.75, 3.05) is 18.0 Å². The lowest BCUT2D eigenvalue weighted by Crippen LogP contribution is -2.29. The largest absolute Gasteiger partial charge is 0.397 e.